The standard InChI is InChI=1S/C18H16FN3O3/c19-16-4-1-6-20-17(16)25-15-10-21-7-2-3-14(21)9-22(11-15)18(23)13-5-8-24-12-13/h1-8,12,15H,9-11H2/t15-/m1/s1. The SMILES string of the molecule is O=C(c1ccoc1)N1Cc2cccn2C[C@@H](Oc2ncccc2F)C1. The molecule has 3 aromatic rings. The summed E-state index contributed by atoms with van der Waals surface area (Å²) in [5, 5.41) is 0. The fourth-order valence-electron chi connectivity index (χ4n) is 2.97. The lowest BCUT2D eigenvalue weighted by Crippen LogP contribution is -2.38. The first-order valence-corrected chi connectivity index (χ1v) is 7.93. The van der Waals surface area contributed by atoms with Gasteiger partial charge >= 0.3 is 0 Å². The number of hydrogen-bond acceptors (Lipinski definition) is 4. The number of carbonyl (C=O) groups excluding carboxylic acids is 1. The van der Waals surface area contributed by atoms with Crippen LogP contribution < -0.4 is 4.74 Å². The molecule has 6 nitrogen and oxygen atoms in total. The van der Waals surface area contributed by atoms with Crippen molar-refractivity contribution in [3.05, 3.63) is 72.3 Å². The van der Waals surface area contributed by atoms with Crippen LogP contribution in [0.15, 0.2) is 59.7 Å². The molecule has 4 heterocycles. The van der Waals surface area contributed by atoms with E-state index in [1.54, 1.807) is 11.0 Å². The van der Waals surface area contributed by atoms with Gasteiger partial charge in [-0.15, -0.1) is 0 Å². The van der Waals surface area contributed by atoms with Crippen LogP contribution in [0.2, 0.25) is 0 Å². The molecule has 0 unspecified atom stereocenters. The molecule has 1 aliphatic heterocycles. The fourth-order valence-corrected chi connectivity index (χ4v) is 2.97. The Morgan fingerprint density at radius 3 is 3.00 bits per heavy atom. The Balaban J connectivity index is 1.61. The number of rotatable bonds is 3. The predicted molar refractivity (Wildman–Crippen MR) is 86.5 cm³/mol. The van der Waals surface area contributed by atoms with Gasteiger partial charge in [0.15, 0.2) is 5.82 Å². The van der Waals surface area contributed by atoms with E-state index in [1.807, 2.05) is 22.9 Å². The van der Waals surface area contributed by atoms with E-state index in [9.17, 15) is 9.18 Å². The molecule has 0 fully saturated rings. The molecule has 0 N–H and O–H groups in total. The molecule has 1 amide bonds. The smallest absolute Gasteiger partial charge is 0.257 e. The van der Waals surface area contributed by atoms with Gasteiger partial charge in [0, 0.05) is 18.1 Å². The summed E-state index contributed by atoms with van der Waals surface area (Å²) in [7, 11) is 0. The minimum Gasteiger partial charge on any atom is -0.472 e. The van der Waals surface area contributed by atoms with Crippen LogP contribution in [0.4, 0.5) is 4.39 Å². The maximum absolute atomic E-state index is 13.9. The van der Waals surface area contributed by atoms with Crippen molar-refractivity contribution in [3.8, 4) is 5.88 Å². The van der Waals surface area contributed by atoms with E-state index in [0.717, 1.165) is 5.69 Å². The molecule has 1 atom stereocenters. The van der Waals surface area contributed by atoms with Crippen molar-refractivity contribution in [2.45, 2.75) is 19.2 Å². The number of hydrogen-bond donors (Lipinski definition) is 0. The van der Waals surface area contributed by atoms with Gasteiger partial charge in [0.25, 0.3) is 11.8 Å². The largest absolute Gasteiger partial charge is 0.472 e. The molecule has 0 radical (unpaired) electrons. The molecule has 1 aliphatic rings. The molecular weight excluding hydrogens is 325 g/mol. The molecular formula is C18H16FN3O3. The number of nitrogens with zero attached hydrogens (tertiary/aromatic N) is 3. The Labute approximate surface area is 143 Å². The van der Waals surface area contributed by atoms with E-state index >= 15 is 0 Å². The molecule has 3 aromatic heterocycles. The zero-order valence-electron chi connectivity index (χ0n) is 13.3. The predicted octanol–water partition coefficient (Wildman–Crippen LogP) is 2.72. The number of halogens is 1. The normalized spacial score (nSPS) is 17.0. The quantitative estimate of drug-likeness (QED) is 0.735. The van der Waals surface area contributed by atoms with E-state index in [0.29, 0.717) is 25.2 Å². The third-order valence-corrected chi connectivity index (χ3v) is 4.16. The lowest BCUT2D eigenvalue weighted by Gasteiger charge is -2.24. The number of amides is 1. The average molecular weight is 341 g/mol. The van der Waals surface area contributed by atoms with Gasteiger partial charge < -0.3 is 18.6 Å². The minimum absolute atomic E-state index is 0.0567. The molecule has 7 heteroatoms. The highest BCUT2D eigenvalue weighted by molar-refractivity contribution is 5.93. The third kappa shape index (κ3) is 3.13. The van der Waals surface area contributed by atoms with Gasteiger partial charge in [-0.25, -0.2) is 9.37 Å². The van der Waals surface area contributed by atoms with Gasteiger partial charge in [0.05, 0.1) is 31.5 Å². The summed E-state index contributed by atoms with van der Waals surface area (Å²) >= 11 is 0. The van der Waals surface area contributed by atoms with Gasteiger partial charge in [-0.2, -0.15) is 0 Å². The van der Waals surface area contributed by atoms with Crippen LogP contribution in [0.3, 0.4) is 0 Å². The summed E-state index contributed by atoms with van der Waals surface area (Å²) in [4.78, 5) is 18.3. The highest BCUT2D eigenvalue weighted by Crippen LogP contribution is 2.20. The first kappa shape index (κ1) is 15.4. The van der Waals surface area contributed by atoms with Crippen molar-refractivity contribution in [1.82, 2.24) is 14.5 Å². The first-order chi connectivity index (χ1) is 12.2. The number of pyridine rings is 1. The van der Waals surface area contributed by atoms with Gasteiger partial charge in [-0.3, -0.25) is 4.79 Å². The fraction of sp³-hybridized carbons (Fsp3) is 0.222. The lowest BCUT2D eigenvalue weighted by molar-refractivity contribution is 0.0640. The van der Waals surface area contributed by atoms with Gasteiger partial charge in [0.2, 0.25) is 0 Å². The molecule has 0 bridgehead atoms. The number of carbonyl (C=O) groups is 1. The van der Waals surface area contributed by atoms with Gasteiger partial charge in [-0.1, -0.05) is 0 Å². The summed E-state index contributed by atoms with van der Waals surface area (Å²) in [5.41, 5.74) is 1.47. The van der Waals surface area contributed by atoms with Crippen LogP contribution in [0, 0.1) is 5.82 Å². The van der Waals surface area contributed by atoms with Crippen molar-refractivity contribution in [2.24, 2.45) is 0 Å². The molecule has 0 spiro atoms. The molecule has 0 saturated heterocycles. The van der Waals surface area contributed by atoms with Crippen LogP contribution in [-0.4, -0.2) is 33.0 Å². The first-order valence-electron chi connectivity index (χ1n) is 7.93. The van der Waals surface area contributed by atoms with Crippen LogP contribution in [-0.2, 0) is 13.1 Å². The Bertz CT molecular complexity index is 875. The summed E-state index contributed by atoms with van der Waals surface area (Å²) < 4.78 is 26.7. The van der Waals surface area contributed by atoms with Crippen molar-refractivity contribution < 1.29 is 18.3 Å². The minimum atomic E-state index is -0.521. The average Bonchev–Trinajstić information content (AvgIpc) is 3.25. The molecule has 128 valence electrons. The van der Waals surface area contributed by atoms with Crippen LogP contribution in [0.5, 0.6) is 5.88 Å². The Hall–Kier alpha value is -3.09. The summed E-state index contributed by atoms with van der Waals surface area (Å²) in [6, 6.07) is 8.31. The van der Waals surface area contributed by atoms with Crippen LogP contribution >= 0.6 is 0 Å². The second-order valence-corrected chi connectivity index (χ2v) is 5.88. The van der Waals surface area contributed by atoms with Crippen molar-refractivity contribution in [3.63, 3.8) is 0 Å². The van der Waals surface area contributed by atoms with Gasteiger partial charge in [-0.05, 0) is 30.3 Å². The second-order valence-electron chi connectivity index (χ2n) is 5.88. The summed E-state index contributed by atoms with van der Waals surface area (Å²) in [6.45, 7) is 1.27. The molecule has 4 rings (SSSR count). The summed E-state index contributed by atoms with van der Waals surface area (Å²) in [6.07, 6.45) is 5.86. The van der Waals surface area contributed by atoms with E-state index in [1.165, 1.54) is 30.9 Å². The third-order valence-electron chi connectivity index (χ3n) is 4.16. The number of furan rings is 1. The Morgan fingerprint density at radius 1 is 1.28 bits per heavy atom. The highest BCUT2D eigenvalue weighted by Gasteiger charge is 2.28. The van der Waals surface area contributed by atoms with Crippen molar-refractivity contribution in [2.75, 3.05) is 6.54 Å². The lowest BCUT2D eigenvalue weighted by atomic mass is 10.2. The van der Waals surface area contributed by atoms with E-state index < -0.39 is 11.9 Å². The van der Waals surface area contributed by atoms with E-state index in [2.05, 4.69) is 4.98 Å². The van der Waals surface area contributed by atoms with Crippen molar-refractivity contribution >= 4 is 5.91 Å². The number of aromatic nitrogens is 2. The topological polar surface area (TPSA) is 60.5 Å². The van der Waals surface area contributed by atoms with Crippen molar-refractivity contribution in [1.29, 1.82) is 0 Å². The maximum Gasteiger partial charge on any atom is 0.257 e. The molecule has 0 aliphatic carbocycles. The molecule has 0 saturated carbocycles. The van der Waals surface area contributed by atoms with E-state index in [-0.39, 0.29) is 11.8 Å². The molecule has 0 aromatic carbocycles. The number of fused-ring (bicyclic) bond motifs is 1. The zero-order chi connectivity index (χ0) is 17.2. The van der Waals surface area contributed by atoms with Gasteiger partial charge in [0.1, 0.15) is 12.4 Å². The monoisotopic (exact) mass is 341 g/mol. The van der Waals surface area contributed by atoms with E-state index in [4.69, 9.17) is 9.15 Å². The highest BCUT2D eigenvalue weighted by atomic mass is 19.1. The number of ether oxygens (including phenoxy) is 1. The maximum atomic E-state index is 13.9. The van der Waals surface area contributed by atoms with Crippen LogP contribution in [0.1, 0.15) is 16.1 Å². The second kappa shape index (κ2) is 6.43. The zero-order valence-corrected chi connectivity index (χ0v) is 13.3. The Kier molecular flexibility index (Phi) is 3.97. The molecule has 25 heavy (non-hydrogen) atoms. The summed E-state index contributed by atoms with van der Waals surface area (Å²) in [5.74, 6) is -0.732. The Morgan fingerprint density at radius 2 is 2.20 bits per heavy atom. The van der Waals surface area contributed by atoms with Crippen LogP contribution in [0.25, 0.3) is 0 Å².